The maximum Gasteiger partial charge on any atom is 0.222 e. The molecule has 2 unspecified atom stereocenters. The molecule has 24 heavy (non-hydrogen) atoms. The van der Waals surface area contributed by atoms with Gasteiger partial charge >= 0.3 is 0 Å². The Balaban J connectivity index is 1.53. The lowest BCUT2D eigenvalue weighted by Gasteiger charge is -2.17. The molecule has 0 bridgehead atoms. The van der Waals surface area contributed by atoms with Crippen molar-refractivity contribution in [3.8, 4) is 11.5 Å². The second-order valence-electron chi connectivity index (χ2n) is 6.27. The Morgan fingerprint density at radius 2 is 1.88 bits per heavy atom. The highest BCUT2D eigenvalue weighted by molar-refractivity contribution is 5.77. The smallest absolute Gasteiger partial charge is 0.222 e. The van der Waals surface area contributed by atoms with Crippen molar-refractivity contribution >= 4 is 5.91 Å². The fourth-order valence-electron chi connectivity index (χ4n) is 2.99. The first kappa shape index (κ1) is 16.5. The topological polar surface area (TPSA) is 50.4 Å². The van der Waals surface area contributed by atoms with Gasteiger partial charge in [0.25, 0.3) is 0 Å². The van der Waals surface area contributed by atoms with Crippen molar-refractivity contribution in [3.05, 3.63) is 60.2 Å². The number of amides is 1. The van der Waals surface area contributed by atoms with Crippen LogP contribution in [0.4, 0.5) is 0 Å². The molecule has 126 valence electrons. The van der Waals surface area contributed by atoms with Crippen LogP contribution < -0.4 is 15.4 Å². The minimum atomic E-state index is -0.00956. The van der Waals surface area contributed by atoms with Crippen molar-refractivity contribution < 1.29 is 9.53 Å². The Morgan fingerprint density at radius 1 is 1.17 bits per heavy atom. The lowest BCUT2D eigenvalue weighted by atomic mass is 10.1. The second-order valence-corrected chi connectivity index (χ2v) is 6.27. The quantitative estimate of drug-likeness (QED) is 0.850. The van der Waals surface area contributed by atoms with Crippen LogP contribution in [0.3, 0.4) is 0 Å². The summed E-state index contributed by atoms with van der Waals surface area (Å²) in [7, 11) is 0. The molecule has 1 aliphatic rings. The zero-order valence-electron chi connectivity index (χ0n) is 14.0. The third kappa shape index (κ3) is 4.59. The van der Waals surface area contributed by atoms with Crippen LogP contribution in [-0.2, 0) is 4.79 Å². The highest BCUT2D eigenvalue weighted by Gasteiger charge is 2.18. The van der Waals surface area contributed by atoms with E-state index in [1.54, 1.807) is 0 Å². The maximum atomic E-state index is 12.1. The first-order chi connectivity index (χ1) is 11.7. The van der Waals surface area contributed by atoms with Gasteiger partial charge < -0.3 is 15.4 Å². The van der Waals surface area contributed by atoms with Crippen LogP contribution in [0.2, 0.25) is 0 Å². The van der Waals surface area contributed by atoms with Crippen molar-refractivity contribution in [2.24, 2.45) is 0 Å². The van der Waals surface area contributed by atoms with Gasteiger partial charge in [-0.2, -0.15) is 0 Å². The molecule has 3 rings (SSSR count). The van der Waals surface area contributed by atoms with Gasteiger partial charge in [0.2, 0.25) is 5.91 Å². The van der Waals surface area contributed by atoms with Crippen LogP contribution in [0.5, 0.6) is 11.5 Å². The van der Waals surface area contributed by atoms with Gasteiger partial charge in [0, 0.05) is 12.5 Å². The fraction of sp³-hybridized carbons (Fsp3) is 0.350. The van der Waals surface area contributed by atoms with Gasteiger partial charge in [-0.05, 0) is 56.1 Å². The summed E-state index contributed by atoms with van der Waals surface area (Å²) in [5.41, 5.74) is 1.07. The summed E-state index contributed by atoms with van der Waals surface area (Å²) in [6, 6.07) is 17.9. The summed E-state index contributed by atoms with van der Waals surface area (Å²) >= 11 is 0. The SMILES string of the molecule is CC(NC(=O)CC1CCCN1)c1ccc(Oc2ccccc2)cc1. The van der Waals surface area contributed by atoms with E-state index in [0.29, 0.717) is 12.5 Å². The van der Waals surface area contributed by atoms with E-state index in [9.17, 15) is 4.79 Å². The minimum absolute atomic E-state index is 0.00956. The maximum absolute atomic E-state index is 12.1. The first-order valence-corrected chi connectivity index (χ1v) is 8.56. The number of carbonyl (C=O) groups excluding carboxylic acids is 1. The molecule has 0 radical (unpaired) electrons. The second kappa shape index (κ2) is 7.97. The Morgan fingerprint density at radius 3 is 2.54 bits per heavy atom. The van der Waals surface area contributed by atoms with Gasteiger partial charge in [-0.15, -0.1) is 0 Å². The molecule has 0 spiro atoms. The molecule has 1 amide bonds. The van der Waals surface area contributed by atoms with E-state index >= 15 is 0 Å². The summed E-state index contributed by atoms with van der Waals surface area (Å²) in [5.74, 6) is 1.71. The normalized spacial score (nSPS) is 18.1. The molecule has 2 atom stereocenters. The van der Waals surface area contributed by atoms with Crippen LogP contribution >= 0.6 is 0 Å². The highest BCUT2D eigenvalue weighted by Crippen LogP contribution is 2.23. The van der Waals surface area contributed by atoms with Crippen LogP contribution in [0.1, 0.15) is 37.8 Å². The van der Waals surface area contributed by atoms with Gasteiger partial charge in [-0.3, -0.25) is 4.79 Å². The molecule has 1 saturated heterocycles. The van der Waals surface area contributed by atoms with Crippen molar-refractivity contribution in [1.82, 2.24) is 10.6 Å². The number of hydrogen-bond donors (Lipinski definition) is 2. The summed E-state index contributed by atoms with van der Waals surface area (Å²) in [6.45, 7) is 3.03. The van der Waals surface area contributed by atoms with Crippen LogP contribution in [0.25, 0.3) is 0 Å². The number of hydrogen-bond acceptors (Lipinski definition) is 3. The van der Waals surface area contributed by atoms with E-state index < -0.39 is 0 Å². The Kier molecular flexibility index (Phi) is 5.49. The van der Waals surface area contributed by atoms with E-state index in [4.69, 9.17) is 4.74 Å². The van der Waals surface area contributed by atoms with Gasteiger partial charge in [-0.1, -0.05) is 30.3 Å². The molecule has 0 saturated carbocycles. The van der Waals surface area contributed by atoms with Crippen molar-refractivity contribution in [3.63, 3.8) is 0 Å². The molecule has 2 aromatic rings. The van der Waals surface area contributed by atoms with E-state index in [0.717, 1.165) is 36.4 Å². The third-order valence-corrected chi connectivity index (χ3v) is 4.33. The molecule has 2 N–H and O–H groups in total. The van der Waals surface area contributed by atoms with Crippen LogP contribution in [0, 0.1) is 0 Å². The molecular formula is C20H24N2O2. The Hall–Kier alpha value is -2.33. The molecule has 4 nitrogen and oxygen atoms in total. The van der Waals surface area contributed by atoms with Crippen molar-refractivity contribution in [2.45, 2.75) is 38.3 Å². The highest BCUT2D eigenvalue weighted by atomic mass is 16.5. The molecule has 0 aliphatic carbocycles. The van der Waals surface area contributed by atoms with E-state index in [2.05, 4.69) is 10.6 Å². The van der Waals surface area contributed by atoms with Crippen molar-refractivity contribution in [1.29, 1.82) is 0 Å². The molecule has 4 heteroatoms. The van der Waals surface area contributed by atoms with Gasteiger partial charge in [0.05, 0.1) is 6.04 Å². The molecule has 1 fully saturated rings. The van der Waals surface area contributed by atoms with Crippen LogP contribution in [-0.4, -0.2) is 18.5 Å². The molecular weight excluding hydrogens is 300 g/mol. The third-order valence-electron chi connectivity index (χ3n) is 4.33. The number of ether oxygens (including phenoxy) is 1. The molecule has 1 aliphatic heterocycles. The lowest BCUT2D eigenvalue weighted by Crippen LogP contribution is -2.33. The summed E-state index contributed by atoms with van der Waals surface area (Å²) in [5, 5.41) is 6.43. The minimum Gasteiger partial charge on any atom is -0.457 e. The average Bonchev–Trinajstić information content (AvgIpc) is 3.09. The monoisotopic (exact) mass is 324 g/mol. The fourth-order valence-corrected chi connectivity index (χ4v) is 2.99. The zero-order chi connectivity index (χ0) is 16.8. The Bertz CT molecular complexity index is 649. The molecule has 2 aromatic carbocycles. The summed E-state index contributed by atoms with van der Waals surface area (Å²) in [6.07, 6.45) is 2.81. The van der Waals surface area contributed by atoms with Crippen LogP contribution in [0.15, 0.2) is 54.6 Å². The number of nitrogens with one attached hydrogen (secondary N) is 2. The first-order valence-electron chi connectivity index (χ1n) is 8.56. The standard InChI is InChI=1S/C20H24N2O2/c1-15(22-20(23)14-17-6-5-13-21-17)16-9-11-19(12-10-16)24-18-7-3-2-4-8-18/h2-4,7-12,15,17,21H,5-6,13-14H2,1H3,(H,22,23). The molecule has 1 heterocycles. The Labute approximate surface area is 143 Å². The molecule has 0 aromatic heterocycles. The summed E-state index contributed by atoms with van der Waals surface area (Å²) in [4.78, 5) is 12.1. The summed E-state index contributed by atoms with van der Waals surface area (Å²) < 4.78 is 5.79. The van der Waals surface area contributed by atoms with Gasteiger partial charge in [0.15, 0.2) is 0 Å². The average molecular weight is 324 g/mol. The van der Waals surface area contributed by atoms with E-state index in [-0.39, 0.29) is 11.9 Å². The predicted molar refractivity (Wildman–Crippen MR) is 95.2 cm³/mol. The number of carbonyl (C=O) groups is 1. The van der Waals surface area contributed by atoms with Crippen molar-refractivity contribution in [2.75, 3.05) is 6.54 Å². The number of rotatable bonds is 6. The largest absolute Gasteiger partial charge is 0.457 e. The predicted octanol–water partition coefficient (Wildman–Crippen LogP) is 3.80. The number of para-hydroxylation sites is 1. The van der Waals surface area contributed by atoms with E-state index in [1.165, 1.54) is 0 Å². The lowest BCUT2D eigenvalue weighted by molar-refractivity contribution is -0.122. The van der Waals surface area contributed by atoms with Gasteiger partial charge in [0.1, 0.15) is 11.5 Å². The van der Waals surface area contributed by atoms with Gasteiger partial charge in [-0.25, -0.2) is 0 Å². The zero-order valence-corrected chi connectivity index (χ0v) is 14.0. The number of benzene rings is 2. The van der Waals surface area contributed by atoms with E-state index in [1.807, 2.05) is 61.5 Å².